The van der Waals surface area contributed by atoms with E-state index < -0.39 is 10.0 Å². The topological polar surface area (TPSA) is 121 Å². The molecule has 2 aromatic carbocycles. The monoisotopic (exact) mass is 330 g/mol. The molecule has 3 rings (SSSR count). The van der Waals surface area contributed by atoms with Gasteiger partial charge in [-0.15, -0.1) is 0 Å². The van der Waals surface area contributed by atoms with Crippen molar-refractivity contribution in [3.63, 3.8) is 0 Å². The molecular weight excluding hydrogens is 316 g/mol. The zero-order valence-corrected chi connectivity index (χ0v) is 12.8. The van der Waals surface area contributed by atoms with E-state index in [9.17, 15) is 13.2 Å². The molecule has 0 aliphatic heterocycles. The maximum atomic E-state index is 12.5. The predicted molar refractivity (Wildman–Crippen MR) is 87.3 cm³/mol. The smallest absolute Gasteiger partial charge is 0.261 e. The summed E-state index contributed by atoms with van der Waals surface area (Å²) in [7, 11) is -3.73. The molecule has 0 saturated heterocycles. The summed E-state index contributed by atoms with van der Waals surface area (Å²) in [5.74, 6) is 0. The van der Waals surface area contributed by atoms with Gasteiger partial charge < -0.3 is 5.73 Å². The molecule has 118 valence electrons. The summed E-state index contributed by atoms with van der Waals surface area (Å²) in [5.41, 5.74) is 7.32. The van der Waals surface area contributed by atoms with Gasteiger partial charge in [-0.05, 0) is 35.9 Å². The van der Waals surface area contributed by atoms with Crippen molar-refractivity contribution in [2.24, 2.45) is 5.14 Å². The normalized spacial score (nSPS) is 11.7. The predicted octanol–water partition coefficient (Wildman–Crippen LogP) is 0.674. The van der Waals surface area contributed by atoms with Gasteiger partial charge in [0.25, 0.3) is 5.56 Å². The summed E-state index contributed by atoms with van der Waals surface area (Å²) < 4.78 is 23.9. The summed E-state index contributed by atoms with van der Waals surface area (Å²) >= 11 is 0. The number of nitrogen functional groups attached to an aromatic ring is 1. The Hall–Kier alpha value is -2.71. The molecule has 0 saturated carbocycles. The summed E-state index contributed by atoms with van der Waals surface area (Å²) in [6.45, 7) is 0.265. The van der Waals surface area contributed by atoms with E-state index in [0.717, 1.165) is 5.56 Å². The molecule has 0 unspecified atom stereocenters. The highest BCUT2D eigenvalue weighted by atomic mass is 32.2. The van der Waals surface area contributed by atoms with Crippen LogP contribution in [0.2, 0.25) is 0 Å². The van der Waals surface area contributed by atoms with Gasteiger partial charge >= 0.3 is 0 Å². The SMILES string of the molecule is Nc1ccc2ncn(Cc3ccc(S(N)(=O)=O)cc3)c(=O)c2c1. The van der Waals surface area contributed by atoms with Crippen molar-refractivity contribution in [3.8, 4) is 0 Å². The number of anilines is 1. The van der Waals surface area contributed by atoms with E-state index in [-0.39, 0.29) is 17.0 Å². The molecule has 8 heteroatoms. The molecule has 1 heterocycles. The first-order valence-corrected chi connectivity index (χ1v) is 8.26. The lowest BCUT2D eigenvalue weighted by molar-refractivity contribution is 0.597. The van der Waals surface area contributed by atoms with Crippen molar-refractivity contribution in [1.82, 2.24) is 9.55 Å². The number of primary sulfonamides is 1. The van der Waals surface area contributed by atoms with Crippen LogP contribution in [0.1, 0.15) is 5.56 Å². The van der Waals surface area contributed by atoms with Crippen LogP contribution in [0.25, 0.3) is 10.9 Å². The van der Waals surface area contributed by atoms with Crippen molar-refractivity contribution in [3.05, 3.63) is 64.7 Å². The summed E-state index contributed by atoms with van der Waals surface area (Å²) in [5, 5.41) is 5.49. The number of fused-ring (bicyclic) bond motifs is 1. The first kappa shape index (κ1) is 15.2. The minimum atomic E-state index is -3.73. The Kier molecular flexibility index (Phi) is 3.63. The van der Waals surface area contributed by atoms with Gasteiger partial charge in [-0.1, -0.05) is 12.1 Å². The van der Waals surface area contributed by atoms with Crippen LogP contribution in [0.3, 0.4) is 0 Å². The molecule has 0 aliphatic carbocycles. The summed E-state index contributed by atoms with van der Waals surface area (Å²) in [4.78, 5) is 16.7. The van der Waals surface area contributed by atoms with Crippen LogP contribution in [-0.4, -0.2) is 18.0 Å². The Morgan fingerprint density at radius 2 is 1.78 bits per heavy atom. The van der Waals surface area contributed by atoms with Gasteiger partial charge in [0.1, 0.15) is 0 Å². The standard InChI is InChI=1S/C15H14N4O3S/c16-11-3-6-14-13(7-11)15(20)19(9-18-14)8-10-1-4-12(5-2-10)23(17,21)22/h1-7,9H,8,16H2,(H2,17,21,22). The zero-order chi connectivity index (χ0) is 16.6. The Balaban J connectivity index is 1.98. The second kappa shape index (κ2) is 5.49. The van der Waals surface area contributed by atoms with Gasteiger partial charge in [0.05, 0.1) is 28.7 Å². The Labute approximate surface area is 132 Å². The lowest BCUT2D eigenvalue weighted by Gasteiger charge is -2.08. The van der Waals surface area contributed by atoms with Crippen LogP contribution < -0.4 is 16.4 Å². The molecule has 4 N–H and O–H groups in total. The average molecular weight is 330 g/mol. The number of nitrogens with zero attached hydrogens (tertiary/aromatic N) is 2. The third-order valence-electron chi connectivity index (χ3n) is 3.45. The van der Waals surface area contributed by atoms with Crippen molar-refractivity contribution >= 4 is 26.6 Å². The van der Waals surface area contributed by atoms with Crippen molar-refractivity contribution in [1.29, 1.82) is 0 Å². The van der Waals surface area contributed by atoms with Crippen LogP contribution >= 0.6 is 0 Å². The zero-order valence-electron chi connectivity index (χ0n) is 12.0. The fraction of sp³-hybridized carbons (Fsp3) is 0.0667. The lowest BCUT2D eigenvalue weighted by Crippen LogP contribution is -2.21. The fourth-order valence-electron chi connectivity index (χ4n) is 2.27. The highest BCUT2D eigenvalue weighted by molar-refractivity contribution is 7.89. The third kappa shape index (κ3) is 3.08. The number of benzene rings is 2. The van der Waals surface area contributed by atoms with E-state index >= 15 is 0 Å². The van der Waals surface area contributed by atoms with Crippen LogP contribution in [0, 0.1) is 0 Å². The number of sulfonamides is 1. The molecule has 0 atom stereocenters. The van der Waals surface area contributed by atoms with Gasteiger partial charge in [-0.2, -0.15) is 0 Å². The van der Waals surface area contributed by atoms with E-state index in [1.807, 2.05) is 0 Å². The van der Waals surface area contributed by atoms with Gasteiger partial charge in [0.15, 0.2) is 0 Å². The minimum absolute atomic E-state index is 0.0259. The molecular formula is C15H14N4O3S. The summed E-state index contributed by atoms with van der Waals surface area (Å²) in [6.07, 6.45) is 1.45. The number of nitrogens with two attached hydrogens (primary N) is 2. The number of aromatic nitrogens is 2. The highest BCUT2D eigenvalue weighted by Crippen LogP contribution is 2.12. The largest absolute Gasteiger partial charge is 0.399 e. The first-order chi connectivity index (χ1) is 10.8. The Morgan fingerprint density at radius 1 is 1.09 bits per heavy atom. The van der Waals surface area contributed by atoms with Crippen LogP contribution in [0.4, 0.5) is 5.69 Å². The van der Waals surface area contributed by atoms with Gasteiger partial charge in [-0.3, -0.25) is 9.36 Å². The molecule has 3 aromatic rings. The molecule has 23 heavy (non-hydrogen) atoms. The maximum Gasteiger partial charge on any atom is 0.261 e. The van der Waals surface area contributed by atoms with E-state index in [2.05, 4.69) is 4.98 Å². The van der Waals surface area contributed by atoms with E-state index in [1.165, 1.54) is 23.0 Å². The van der Waals surface area contributed by atoms with Crippen molar-refractivity contribution in [2.45, 2.75) is 11.4 Å². The third-order valence-corrected chi connectivity index (χ3v) is 4.38. The fourth-order valence-corrected chi connectivity index (χ4v) is 2.79. The van der Waals surface area contributed by atoms with Gasteiger partial charge in [-0.25, -0.2) is 18.5 Å². The van der Waals surface area contributed by atoms with E-state index in [0.29, 0.717) is 16.6 Å². The Morgan fingerprint density at radius 3 is 2.43 bits per heavy atom. The quantitative estimate of drug-likeness (QED) is 0.684. The van der Waals surface area contributed by atoms with Crippen LogP contribution in [0.15, 0.2) is 58.5 Å². The second-order valence-electron chi connectivity index (χ2n) is 5.14. The molecule has 1 aromatic heterocycles. The van der Waals surface area contributed by atoms with Crippen molar-refractivity contribution < 1.29 is 8.42 Å². The van der Waals surface area contributed by atoms with Gasteiger partial charge in [0, 0.05) is 5.69 Å². The van der Waals surface area contributed by atoms with Gasteiger partial charge in [0.2, 0.25) is 10.0 Å². The molecule has 0 radical (unpaired) electrons. The molecule has 7 nitrogen and oxygen atoms in total. The maximum absolute atomic E-state index is 12.5. The lowest BCUT2D eigenvalue weighted by atomic mass is 10.2. The molecule has 0 aliphatic rings. The average Bonchev–Trinajstić information content (AvgIpc) is 2.50. The number of hydrogen-bond acceptors (Lipinski definition) is 5. The van der Waals surface area contributed by atoms with Crippen LogP contribution in [0.5, 0.6) is 0 Å². The first-order valence-electron chi connectivity index (χ1n) is 6.71. The van der Waals surface area contributed by atoms with E-state index in [1.54, 1.807) is 30.3 Å². The molecule has 0 amide bonds. The van der Waals surface area contributed by atoms with Crippen LogP contribution in [-0.2, 0) is 16.6 Å². The number of hydrogen-bond donors (Lipinski definition) is 2. The molecule has 0 fully saturated rings. The van der Waals surface area contributed by atoms with Crippen molar-refractivity contribution in [2.75, 3.05) is 5.73 Å². The molecule has 0 spiro atoms. The number of rotatable bonds is 3. The van der Waals surface area contributed by atoms with E-state index in [4.69, 9.17) is 10.9 Å². The Bertz CT molecular complexity index is 1040. The summed E-state index contributed by atoms with van der Waals surface area (Å²) in [6, 6.07) is 11.0. The highest BCUT2D eigenvalue weighted by Gasteiger charge is 2.08. The second-order valence-corrected chi connectivity index (χ2v) is 6.70. The molecule has 0 bridgehead atoms. The minimum Gasteiger partial charge on any atom is -0.399 e.